The van der Waals surface area contributed by atoms with E-state index in [9.17, 15) is 4.39 Å². The lowest BCUT2D eigenvalue weighted by atomic mass is 10.3. The molecule has 1 aromatic carbocycles. The van der Waals surface area contributed by atoms with Crippen molar-refractivity contribution in [3.63, 3.8) is 0 Å². The number of benzene rings is 1. The molecular formula is C11H10Cl2FN5. The van der Waals surface area contributed by atoms with Crippen molar-refractivity contribution in [3.8, 4) is 0 Å². The van der Waals surface area contributed by atoms with Gasteiger partial charge in [0, 0.05) is 6.54 Å². The largest absolute Gasteiger partial charge is 0.354 e. The van der Waals surface area contributed by atoms with E-state index in [2.05, 4.69) is 25.6 Å². The van der Waals surface area contributed by atoms with Crippen LogP contribution in [-0.4, -0.2) is 21.5 Å². The summed E-state index contributed by atoms with van der Waals surface area (Å²) in [7, 11) is 0. The Balaban J connectivity index is 2.27. The minimum atomic E-state index is -0.419. The van der Waals surface area contributed by atoms with Crippen LogP contribution in [0.2, 0.25) is 10.3 Å². The molecule has 0 saturated carbocycles. The van der Waals surface area contributed by atoms with Crippen LogP contribution in [0.5, 0.6) is 0 Å². The molecule has 0 aliphatic carbocycles. The van der Waals surface area contributed by atoms with Gasteiger partial charge in [-0.2, -0.15) is 15.0 Å². The molecule has 2 rings (SSSR count). The summed E-state index contributed by atoms with van der Waals surface area (Å²) in [5.74, 6) is 0.158. The molecule has 100 valence electrons. The van der Waals surface area contributed by atoms with E-state index in [0.29, 0.717) is 18.2 Å². The summed E-state index contributed by atoms with van der Waals surface area (Å²) in [5, 5.41) is 6.04. The minimum Gasteiger partial charge on any atom is -0.354 e. The normalized spacial score (nSPS) is 10.3. The molecule has 8 heteroatoms. The van der Waals surface area contributed by atoms with Crippen LogP contribution in [0.4, 0.5) is 22.0 Å². The summed E-state index contributed by atoms with van der Waals surface area (Å²) in [6, 6.07) is 3.96. The summed E-state index contributed by atoms with van der Waals surface area (Å²) in [4.78, 5) is 11.9. The van der Waals surface area contributed by atoms with E-state index in [1.165, 1.54) is 18.2 Å². The fourth-order valence-corrected chi connectivity index (χ4v) is 1.73. The summed E-state index contributed by atoms with van der Waals surface area (Å²) in [6.07, 6.45) is 0. The molecule has 0 aliphatic rings. The molecule has 0 unspecified atom stereocenters. The number of nitrogens with one attached hydrogen (secondary N) is 2. The zero-order valence-electron chi connectivity index (χ0n) is 9.91. The average Bonchev–Trinajstić information content (AvgIpc) is 2.32. The van der Waals surface area contributed by atoms with Crippen LogP contribution in [-0.2, 0) is 0 Å². The van der Waals surface area contributed by atoms with Gasteiger partial charge in [-0.25, -0.2) is 4.39 Å². The van der Waals surface area contributed by atoms with Crippen LogP contribution in [0.15, 0.2) is 18.2 Å². The molecule has 1 aromatic heterocycles. The lowest BCUT2D eigenvalue weighted by Crippen LogP contribution is -2.06. The van der Waals surface area contributed by atoms with Crippen molar-refractivity contribution in [2.24, 2.45) is 0 Å². The maximum atomic E-state index is 12.9. The number of anilines is 3. The van der Waals surface area contributed by atoms with Crippen LogP contribution >= 0.6 is 23.2 Å². The number of halogens is 3. The summed E-state index contributed by atoms with van der Waals surface area (Å²) in [5.41, 5.74) is 0.479. The van der Waals surface area contributed by atoms with Crippen LogP contribution in [0.1, 0.15) is 6.92 Å². The third-order valence-corrected chi connectivity index (χ3v) is 2.60. The van der Waals surface area contributed by atoms with E-state index in [4.69, 9.17) is 23.2 Å². The van der Waals surface area contributed by atoms with Gasteiger partial charge in [0.05, 0.1) is 10.7 Å². The van der Waals surface area contributed by atoms with Gasteiger partial charge in [0.15, 0.2) is 0 Å². The summed E-state index contributed by atoms with van der Waals surface area (Å²) < 4.78 is 12.9. The van der Waals surface area contributed by atoms with Crippen molar-refractivity contribution >= 4 is 40.8 Å². The molecule has 0 spiro atoms. The van der Waals surface area contributed by atoms with Gasteiger partial charge in [0.1, 0.15) is 5.82 Å². The van der Waals surface area contributed by atoms with E-state index in [1.807, 2.05) is 6.92 Å². The number of rotatable bonds is 4. The Kier molecular flexibility index (Phi) is 4.34. The second-order valence-electron chi connectivity index (χ2n) is 3.53. The molecule has 2 N–H and O–H groups in total. The molecule has 1 heterocycles. The monoisotopic (exact) mass is 301 g/mol. The third-order valence-electron chi connectivity index (χ3n) is 2.12. The van der Waals surface area contributed by atoms with Gasteiger partial charge < -0.3 is 10.6 Å². The Labute approximate surface area is 119 Å². The molecule has 5 nitrogen and oxygen atoms in total. The van der Waals surface area contributed by atoms with Crippen LogP contribution < -0.4 is 10.6 Å². The van der Waals surface area contributed by atoms with Crippen molar-refractivity contribution in [1.82, 2.24) is 15.0 Å². The maximum Gasteiger partial charge on any atom is 0.233 e. The number of nitrogens with zero attached hydrogens (tertiary/aromatic N) is 3. The molecule has 0 fully saturated rings. The van der Waals surface area contributed by atoms with E-state index in [0.717, 1.165) is 0 Å². The first-order valence-corrected chi connectivity index (χ1v) is 6.21. The quantitative estimate of drug-likeness (QED) is 0.905. The Morgan fingerprint density at radius 2 is 1.89 bits per heavy atom. The van der Waals surface area contributed by atoms with Gasteiger partial charge in [-0.1, -0.05) is 11.6 Å². The van der Waals surface area contributed by atoms with Gasteiger partial charge in [-0.15, -0.1) is 0 Å². The molecule has 0 atom stereocenters. The van der Waals surface area contributed by atoms with Gasteiger partial charge in [0.25, 0.3) is 0 Å². The number of hydrogen-bond acceptors (Lipinski definition) is 5. The first-order chi connectivity index (χ1) is 9.08. The number of aromatic nitrogens is 3. The van der Waals surface area contributed by atoms with Gasteiger partial charge in [-0.3, -0.25) is 0 Å². The molecule has 2 aromatic rings. The van der Waals surface area contributed by atoms with E-state index < -0.39 is 5.82 Å². The zero-order valence-corrected chi connectivity index (χ0v) is 11.4. The molecule has 0 radical (unpaired) electrons. The molecule has 0 saturated heterocycles. The third kappa shape index (κ3) is 3.65. The van der Waals surface area contributed by atoms with Crippen LogP contribution in [0.3, 0.4) is 0 Å². The Morgan fingerprint density at radius 1 is 1.16 bits per heavy atom. The lowest BCUT2D eigenvalue weighted by molar-refractivity contribution is 0.628. The standard InChI is InChI=1S/C11H10Cl2FN5/c1-2-15-10-17-9(13)18-11(19-10)16-8-4-3-6(14)5-7(8)12/h3-5H,2H2,1H3,(H2,15,16,17,18,19). The smallest absolute Gasteiger partial charge is 0.233 e. The predicted molar refractivity (Wildman–Crippen MR) is 73.7 cm³/mol. The first kappa shape index (κ1) is 13.8. The van der Waals surface area contributed by atoms with Crippen molar-refractivity contribution < 1.29 is 4.39 Å². The summed E-state index contributed by atoms with van der Waals surface area (Å²) >= 11 is 11.7. The summed E-state index contributed by atoms with van der Waals surface area (Å²) in [6.45, 7) is 2.55. The van der Waals surface area contributed by atoms with Crippen molar-refractivity contribution in [2.75, 3.05) is 17.2 Å². The molecular weight excluding hydrogens is 292 g/mol. The molecule has 19 heavy (non-hydrogen) atoms. The van der Waals surface area contributed by atoms with Crippen LogP contribution in [0.25, 0.3) is 0 Å². The highest BCUT2D eigenvalue weighted by Crippen LogP contribution is 2.25. The first-order valence-electron chi connectivity index (χ1n) is 5.46. The Hall–Kier alpha value is -1.66. The zero-order chi connectivity index (χ0) is 13.8. The van der Waals surface area contributed by atoms with E-state index in [1.54, 1.807) is 0 Å². The molecule has 0 amide bonds. The van der Waals surface area contributed by atoms with Gasteiger partial charge in [-0.05, 0) is 36.7 Å². The number of hydrogen-bond donors (Lipinski definition) is 2. The SMILES string of the molecule is CCNc1nc(Cl)nc(Nc2ccc(F)cc2Cl)n1. The minimum absolute atomic E-state index is 0.0479. The highest BCUT2D eigenvalue weighted by Gasteiger charge is 2.07. The predicted octanol–water partition coefficient (Wildman–Crippen LogP) is 3.49. The highest BCUT2D eigenvalue weighted by molar-refractivity contribution is 6.33. The van der Waals surface area contributed by atoms with Crippen molar-refractivity contribution in [1.29, 1.82) is 0 Å². The van der Waals surface area contributed by atoms with Gasteiger partial charge >= 0.3 is 0 Å². The highest BCUT2D eigenvalue weighted by atomic mass is 35.5. The van der Waals surface area contributed by atoms with Crippen LogP contribution in [0, 0.1) is 5.82 Å². The topological polar surface area (TPSA) is 62.7 Å². The molecule has 0 aliphatic heterocycles. The Morgan fingerprint density at radius 3 is 2.58 bits per heavy atom. The Bertz CT molecular complexity index is 593. The molecule has 0 bridgehead atoms. The fraction of sp³-hybridized carbons (Fsp3) is 0.182. The van der Waals surface area contributed by atoms with Gasteiger partial charge in [0.2, 0.25) is 17.2 Å². The van der Waals surface area contributed by atoms with E-state index >= 15 is 0 Å². The average molecular weight is 302 g/mol. The second-order valence-corrected chi connectivity index (χ2v) is 4.28. The van der Waals surface area contributed by atoms with Crippen molar-refractivity contribution in [3.05, 3.63) is 34.3 Å². The maximum absolute atomic E-state index is 12.9. The lowest BCUT2D eigenvalue weighted by Gasteiger charge is -2.08. The fourth-order valence-electron chi connectivity index (χ4n) is 1.35. The van der Waals surface area contributed by atoms with E-state index in [-0.39, 0.29) is 16.3 Å². The second kappa shape index (κ2) is 5.99. The van der Waals surface area contributed by atoms with Crippen molar-refractivity contribution in [2.45, 2.75) is 6.92 Å².